The minimum Gasteiger partial charge on any atom is -0.353 e. The highest BCUT2D eigenvalue weighted by atomic mass is 79.9. The Kier molecular flexibility index (Phi) is 8.36. The number of rotatable bonds is 0. The molecule has 0 saturated heterocycles. The Morgan fingerprint density at radius 2 is 2.22 bits per heavy atom. The molecule has 0 aliphatic carbocycles. The smallest absolute Gasteiger partial charge is 0.205 e. The predicted octanol–water partition coefficient (Wildman–Crippen LogP) is -0.435. The van der Waals surface area contributed by atoms with Gasteiger partial charge in [0, 0.05) is 6.54 Å². The lowest BCUT2D eigenvalue weighted by Crippen LogP contribution is -2.38. The lowest BCUT2D eigenvalue weighted by molar-refractivity contribution is 0.917. The number of nitrogens with two attached hydrogens (primary N) is 1. The summed E-state index contributed by atoms with van der Waals surface area (Å²) in [6.07, 6.45) is 0. The van der Waals surface area contributed by atoms with Gasteiger partial charge in [-0.2, -0.15) is 0 Å². The maximum absolute atomic E-state index is 4.99. The molecule has 6 heteroatoms. The number of aliphatic imine (C=N–C) groups is 1. The van der Waals surface area contributed by atoms with Crippen LogP contribution in [0, 0.1) is 0 Å². The summed E-state index contributed by atoms with van der Waals surface area (Å²) in [6, 6.07) is 0. The van der Waals surface area contributed by atoms with E-state index in [-0.39, 0.29) is 34.0 Å². The molecular formula is C3H10Br2N4. The van der Waals surface area contributed by atoms with Crippen molar-refractivity contribution in [3.05, 3.63) is 0 Å². The van der Waals surface area contributed by atoms with Gasteiger partial charge >= 0.3 is 0 Å². The van der Waals surface area contributed by atoms with Crippen LogP contribution in [0.2, 0.25) is 0 Å². The van der Waals surface area contributed by atoms with Gasteiger partial charge in [-0.05, 0) is 0 Å². The van der Waals surface area contributed by atoms with Gasteiger partial charge in [-0.15, -0.1) is 34.0 Å². The predicted molar refractivity (Wildman–Crippen MR) is 48.3 cm³/mol. The van der Waals surface area contributed by atoms with Crippen molar-refractivity contribution in [3.63, 3.8) is 0 Å². The average molecular weight is 262 g/mol. The van der Waals surface area contributed by atoms with Crippen molar-refractivity contribution < 1.29 is 0 Å². The summed E-state index contributed by atoms with van der Waals surface area (Å²) in [7, 11) is 0. The standard InChI is InChI=1S/C3H8N4.2BrH/c4-7-3-5-1-2-6-3;;/h1-2,4H2,(H2,5,6,7);2*1H. The zero-order valence-corrected chi connectivity index (χ0v) is 8.18. The molecule has 1 heterocycles. The maximum Gasteiger partial charge on any atom is 0.205 e. The van der Waals surface area contributed by atoms with E-state index in [4.69, 9.17) is 5.84 Å². The Bertz CT molecular complexity index is 93.8. The van der Waals surface area contributed by atoms with Crippen molar-refractivity contribution in [2.75, 3.05) is 13.1 Å². The van der Waals surface area contributed by atoms with Gasteiger partial charge in [0.05, 0.1) is 6.54 Å². The van der Waals surface area contributed by atoms with Gasteiger partial charge in [-0.25, -0.2) is 5.84 Å². The van der Waals surface area contributed by atoms with Crippen LogP contribution in [-0.2, 0) is 0 Å². The monoisotopic (exact) mass is 260 g/mol. The lowest BCUT2D eigenvalue weighted by atomic mass is 10.7. The minimum absolute atomic E-state index is 0. The fourth-order valence-corrected chi connectivity index (χ4v) is 0.495. The fourth-order valence-electron chi connectivity index (χ4n) is 0.495. The zero-order valence-electron chi connectivity index (χ0n) is 4.76. The number of nitrogens with one attached hydrogen (secondary N) is 2. The van der Waals surface area contributed by atoms with Gasteiger partial charge in [-0.3, -0.25) is 10.4 Å². The molecule has 0 amide bonds. The molecule has 0 aromatic rings. The van der Waals surface area contributed by atoms with Crippen LogP contribution in [0.15, 0.2) is 4.99 Å². The lowest BCUT2D eigenvalue weighted by Gasteiger charge is -1.95. The molecule has 1 rings (SSSR count). The van der Waals surface area contributed by atoms with Crippen molar-refractivity contribution >= 4 is 39.9 Å². The third kappa shape index (κ3) is 3.72. The molecule has 9 heavy (non-hydrogen) atoms. The highest BCUT2D eigenvalue weighted by molar-refractivity contribution is 8.93. The molecule has 0 atom stereocenters. The fraction of sp³-hybridized carbons (Fsp3) is 0.667. The van der Waals surface area contributed by atoms with Crippen LogP contribution >= 0.6 is 34.0 Å². The molecule has 0 bridgehead atoms. The van der Waals surface area contributed by atoms with Crippen molar-refractivity contribution in [2.24, 2.45) is 10.8 Å². The van der Waals surface area contributed by atoms with Crippen LogP contribution in [0.4, 0.5) is 0 Å². The van der Waals surface area contributed by atoms with E-state index in [1.54, 1.807) is 0 Å². The molecule has 1 aliphatic heterocycles. The largest absolute Gasteiger partial charge is 0.353 e. The number of nitrogens with zero attached hydrogens (tertiary/aromatic N) is 1. The second-order valence-corrected chi connectivity index (χ2v) is 1.30. The van der Waals surface area contributed by atoms with E-state index >= 15 is 0 Å². The minimum atomic E-state index is 0. The first-order chi connectivity index (χ1) is 3.43. The Balaban J connectivity index is 0. The maximum atomic E-state index is 4.99. The number of guanidine groups is 1. The van der Waals surface area contributed by atoms with Gasteiger partial charge < -0.3 is 5.32 Å². The van der Waals surface area contributed by atoms with Crippen LogP contribution in [0.3, 0.4) is 0 Å². The van der Waals surface area contributed by atoms with Crippen molar-refractivity contribution in [2.45, 2.75) is 0 Å². The summed E-state index contributed by atoms with van der Waals surface area (Å²) in [5.74, 6) is 5.68. The number of hydrogen-bond acceptors (Lipinski definition) is 4. The second kappa shape index (κ2) is 6.31. The molecule has 0 fully saturated rings. The third-order valence-corrected chi connectivity index (χ3v) is 0.811. The molecule has 4 N–H and O–H groups in total. The topological polar surface area (TPSA) is 62.4 Å². The summed E-state index contributed by atoms with van der Waals surface area (Å²) in [5, 5.41) is 2.92. The van der Waals surface area contributed by atoms with Crippen LogP contribution in [0.1, 0.15) is 0 Å². The van der Waals surface area contributed by atoms with Gasteiger partial charge in [0.2, 0.25) is 5.96 Å². The Labute approximate surface area is 74.8 Å². The first kappa shape index (κ1) is 11.9. The van der Waals surface area contributed by atoms with Gasteiger partial charge in [-0.1, -0.05) is 0 Å². The van der Waals surface area contributed by atoms with Crippen molar-refractivity contribution in [1.29, 1.82) is 0 Å². The Morgan fingerprint density at radius 1 is 1.56 bits per heavy atom. The molecule has 4 nitrogen and oxygen atoms in total. The van der Waals surface area contributed by atoms with Crippen molar-refractivity contribution in [3.8, 4) is 0 Å². The highest BCUT2D eigenvalue weighted by Gasteiger charge is 1.98. The molecule has 0 aromatic heterocycles. The SMILES string of the molecule is Br.Br.NNC1=NCCN1. The quantitative estimate of drug-likeness (QED) is 0.410. The van der Waals surface area contributed by atoms with Crippen LogP contribution in [0.25, 0.3) is 0 Å². The highest BCUT2D eigenvalue weighted by Crippen LogP contribution is 1.76. The van der Waals surface area contributed by atoms with E-state index < -0.39 is 0 Å². The Hall–Kier alpha value is 0.190. The van der Waals surface area contributed by atoms with E-state index in [0.717, 1.165) is 13.1 Å². The van der Waals surface area contributed by atoms with Crippen LogP contribution in [-0.4, -0.2) is 19.0 Å². The summed E-state index contributed by atoms with van der Waals surface area (Å²) < 4.78 is 0. The van der Waals surface area contributed by atoms with Gasteiger partial charge in [0.15, 0.2) is 0 Å². The number of halogens is 2. The van der Waals surface area contributed by atoms with E-state index in [1.807, 2.05) is 0 Å². The second-order valence-electron chi connectivity index (χ2n) is 1.30. The summed E-state index contributed by atoms with van der Waals surface area (Å²) >= 11 is 0. The average Bonchev–Trinajstić information content (AvgIpc) is 2.14. The molecule has 0 spiro atoms. The normalized spacial score (nSPS) is 14.1. The molecule has 0 aromatic carbocycles. The number of hydrogen-bond donors (Lipinski definition) is 3. The van der Waals surface area contributed by atoms with E-state index in [1.165, 1.54) is 0 Å². The summed E-state index contributed by atoms with van der Waals surface area (Å²) in [6.45, 7) is 1.74. The summed E-state index contributed by atoms with van der Waals surface area (Å²) in [4.78, 5) is 3.92. The van der Waals surface area contributed by atoms with E-state index in [2.05, 4.69) is 15.7 Å². The molecule has 1 aliphatic rings. The molecule has 0 saturated carbocycles. The molecule has 56 valence electrons. The van der Waals surface area contributed by atoms with Crippen molar-refractivity contribution in [1.82, 2.24) is 10.7 Å². The molecule has 0 unspecified atom stereocenters. The first-order valence-electron chi connectivity index (χ1n) is 2.18. The van der Waals surface area contributed by atoms with Gasteiger partial charge in [0.1, 0.15) is 0 Å². The Morgan fingerprint density at radius 3 is 2.44 bits per heavy atom. The first-order valence-corrected chi connectivity index (χ1v) is 2.18. The third-order valence-electron chi connectivity index (χ3n) is 0.811. The number of hydrazine groups is 1. The van der Waals surface area contributed by atoms with E-state index in [9.17, 15) is 0 Å². The summed E-state index contributed by atoms with van der Waals surface area (Å²) in [5.41, 5.74) is 2.40. The van der Waals surface area contributed by atoms with Crippen LogP contribution in [0.5, 0.6) is 0 Å². The molecular weight excluding hydrogens is 252 g/mol. The van der Waals surface area contributed by atoms with E-state index in [0.29, 0.717) is 5.96 Å². The van der Waals surface area contributed by atoms with Crippen LogP contribution < -0.4 is 16.6 Å². The zero-order chi connectivity index (χ0) is 5.11. The molecule has 0 radical (unpaired) electrons. The van der Waals surface area contributed by atoms with Gasteiger partial charge in [0.25, 0.3) is 0 Å².